The molecule has 0 aromatic heterocycles. The molecule has 2 aromatic carbocycles. The SMILES string of the molecule is C=C1c2ccccc2C(=O)N1CC(=O)N1CCC(C(=O)c2ccc(C)cc2)CC1. The van der Waals surface area contributed by atoms with Gasteiger partial charge in [-0.2, -0.15) is 0 Å². The largest absolute Gasteiger partial charge is 0.341 e. The lowest BCUT2D eigenvalue weighted by atomic mass is 9.88. The molecule has 4 rings (SSSR count). The van der Waals surface area contributed by atoms with Gasteiger partial charge in [-0.3, -0.25) is 19.3 Å². The average Bonchev–Trinajstić information content (AvgIpc) is 2.99. The molecule has 0 saturated carbocycles. The summed E-state index contributed by atoms with van der Waals surface area (Å²) >= 11 is 0. The van der Waals surface area contributed by atoms with E-state index in [0.29, 0.717) is 37.2 Å². The van der Waals surface area contributed by atoms with Crippen LogP contribution < -0.4 is 0 Å². The number of carbonyl (C=O) groups excluding carboxylic acids is 3. The number of hydrogen-bond donors (Lipinski definition) is 0. The van der Waals surface area contributed by atoms with E-state index >= 15 is 0 Å². The Labute approximate surface area is 170 Å². The molecule has 2 amide bonds. The van der Waals surface area contributed by atoms with Gasteiger partial charge >= 0.3 is 0 Å². The first-order chi connectivity index (χ1) is 14.0. The van der Waals surface area contributed by atoms with Crippen LogP contribution >= 0.6 is 0 Å². The summed E-state index contributed by atoms with van der Waals surface area (Å²) in [6.45, 7) is 7.04. The van der Waals surface area contributed by atoms with Crippen molar-refractivity contribution in [2.75, 3.05) is 19.6 Å². The lowest BCUT2D eigenvalue weighted by Crippen LogP contribution is -2.45. The molecule has 0 unspecified atom stereocenters. The Morgan fingerprint density at radius 3 is 2.24 bits per heavy atom. The molecule has 2 heterocycles. The zero-order valence-corrected chi connectivity index (χ0v) is 16.6. The molecular formula is C24H24N2O3. The second-order valence-electron chi connectivity index (χ2n) is 7.77. The first-order valence-electron chi connectivity index (χ1n) is 9.94. The Morgan fingerprint density at radius 2 is 1.62 bits per heavy atom. The topological polar surface area (TPSA) is 57.7 Å². The zero-order chi connectivity index (χ0) is 20.5. The molecule has 0 N–H and O–H groups in total. The zero-order valence-electron chi connectivity index (χ0n) is 16.6. The van der Waals surface area contributed by atoms with Crippen molar-refractivity contribution in [2.24, 2.45) is 5.92 Å². The highest BCUT2D eigenvalue weighted by atomic mass is 16.2. The predicted octanol–water partition coefficient (Wildman–Crippen LogP) is 3.54. The smallest absolute Gasteiger partial charge is 0.259 e. The molecule has 5 nitrogen and oxygen atoms in total. The number of ketones is 1. The third-order valence-electron chi connectivity index (χ3n) is 5.89. The minimum Gasteiger partial charge on any atom is -0.341 e. The van der Waals surface area contributed by atoms with Crippen LogP contribution in [0.5, 0.6) is 0 Å². The second-order valence-corrected chi connectivity index (χ2v) is 7.77. The standard InChI is InChI=1S/C24H24N2O3/c1-16-7-9-18(10-8-16)23(28)19-11-13-25(14-12-19)22(27)15-26-17(2)20-5-3-4-6-21(20)24(26)29/h3-10,19H,2,11-15H2,1H3. The maximum Gasteiger partial charge on any atom is 0.259 e. The van der Waals surface area contributed by atoms with E-state index in [1.165, 1.54) is 4.90 Å². The quantitative estimate of drug-likeness (QED) is 0.753. The van der Waals surface area contributed by atoms with Crippen molar-refractivity contribution in [3.63, 3.8) is 0 Å². The van der Waals surface area contributed by atoms with Crippen LogP contribution in [0.2, 0.25) is 0 Å². The Kier molecular flexibility index (Phi) is 5.05. The maximum absolute atomic E-state index is 12.8. The van der Waals surface area contributed by atoms with E-state index < -0.39 is 0 Å². The van der Waals surface area contributed by atoms with E-state index in [0.717, 1.165) is 16.7 Å². The van der Waals surface area contributed by atoms with Gasteiger partial charge in [0.15, 0.2) is 5.78 Å². The first-order valence-corrected chi connectivity index (χ1v) is 9.94. The normalized spacial score (nSPS) is 16.9. The molecule has 2 aliphatic heterocycles. The van der Waals surface area contributed by atoms with Crippen molar-refractivity contribution in [2.45, 2.75) is 19.8 Å². The number of nitrogens with zero attached hydrogens (tertiary/aromatic N) is 2. The van der Waals surface area contributed by atoms with Crippen molar-refractivity contribution >= 4 is 23.3 Å². The van der Waals surface area contributed by atoms with E-state index in [2.05, 4.69) is 6.58 Å². The molecule has 1 saturated heterocycles. The summed E-state index contributed by atoms with van der Waals surface area (Å²) in [6, 6.07) is 14.9. The van der Waals surface area contributed by atoms with Crippen LogP contribution in [0.15, 0.2) is 55.1 Å². The van der Waals surface area contributed by atoms with Crippen molar-refractivity contribution < 1.29 is 14.4 Å². The third kappa shape index (κ3) is 3.60. The molecule has 0 atom stereocenters. The van der Waals surface area contributed by atoms with Crippen molar-refractivity contribution in [1.82, 2.24) is 9.80 Å². The molecule has 2 aromatic rings. The number of likely N-dealkylation sites (tertiary alicyclic amines) is 1. The van der Waals surface area contributed by atoms with Crippen molar-refractivity contribution in [3.8, 4) is 0 Å². The summed E-state index contributed by atoms with van der Waals surface area (Å²) in [6.07, 6.45) is 1.29. The highest BCUT2D eigenvalue weighted by Gasteiger charge is 2.34. The van der Waals surface area contributed by atoms with Crippen LogP contribution in [-0.4, -0.2) is 47.0 Å². The highest BCUT2D eigenvalue weighted by Crippen LogP contribution is 2.31. The minimum atomic E-state index is -0.177. The molecule has 29 heavy (non-hydrogen) atoms. The number of carbonyl (C=O) groups is 3. The summed E-state index contributed by atoms with van der Waals surface area (Å²) in [5.41, 5.74) is 3.81. The molecule has 0 radical (unpaired) electrons. The lowest BCUT2D eigenvalue weighted by Gasteiger charge is -2.32. The van der Waals surface area contributed by atoms with E-state index in [1.54, 1.807) is 11.0 Å². The number of rotatable bonds is 4. The first kappa shape index (κ1) is 19.1. The highest BCUT2D eigenvalue weighted by molar-refractivity contribution is 6.10. The number of Topliss-reactive ketones (excluding diaryl/α,β-unsaturated/α-hetero) is 1. The number of amides is 2. The van der Waals surface area contributed by atoms with Gasteiger partial charge in [0, 0.05) is 41.4 Å². The van der Waals surface area contributed by atoms with Crippen LogP contribution in [0, 0.1) is 12.8 Å². The Balaban J connectivity index is 1.35. The van der Waals surface area contributed by atoms with E-state index in [9.17, 15) is 14.4 Å². The minimum absolute atomic E-state index is 0.0110. The Hall–Kier alpha value is -3.21. The van der Waals surface area contributed by atoms with Crippen LogP contribution in [0.4, 0.5) is 0 Å². The summed E-state index contributed by atoms with van der Waals surface area (Å²) in [7, 11) is 0. The van der Waals surface area contributed by atoms with E-state index in [1.807, 2.05) is 49.4 Å². The van der Waals surface area contributed by atoms with Gasteiger partial charge in [0.25, 0.3) is 5.91 Å². The van der Waals surface area contributed by atoms with Gasteiger partial charge in [0.2, 0.25) is 5.91 Å². The van der Waals surface area contributed by atoms with Crippen LogP contribution in [0.1, 0.15) is 44.7 Å². The molecular weight excluding hydrogens is 364 g/mol. The fraction of sp³-hybridized carbons (Fsp3) is 0.292. The number of benzene rings is 2. The number of fused-ring (bicyclic) bond motifs is 1. The summed E-state index contributed by atoms with van der Waals surface area (Å²) in [5, 5.41) is 0. The summed E-state index contributed by atoms with van der Waals surface area (Å²) < 4.78 is 0. The lowest BCUT2D eigenvalue weighted by molar-refractivity contribution is -0.132. The summed E-state index contributed by atoms with van der Waals surface area (Å²) in [4.78, 5) is 41.3. The van der Waals surface area contributed by atoms with Gasteiger partial charge in [-0.15, -0.1) is 0 Å². The number of aryl methyl sites for hydroxylation is 1. The third-order valence-corrected chi connectivity index (χ3v) is 5.89. The molecule has 5 heteroatoms. The number of hydrogen-bond acceptors (Lipinski definition) is 3. The van der Waals surface area contributed by atoms with Gasteiger partial charge in [-0.05, 0) is 25.8 Å². The van der Waals surface area contributed by atoms with E-state index in [4.69, 9.17) is 0 Å². The molecule has 0 bridgehead atoms. The summed E-state index contributed by atoms with van der Waals surface area (Å²) in [5.74, 6) is -0.193. The molecule has 0 spiro atoms. The van der Waals surface area contributed by atoms with Crippen LogP contribution in [-0.2, 0) is 4.79 Å². The van der Waals surface area contributed by atoms with Gasteiger partial charge in [-0.1, -0.05) is 54.6 Å². The van der Waals surface area contributed by atoms with Crippen LogP contribution in [0.3, 0.4) is 0 Å². The maximum atomic E-state index is 12.8. The van der Waals surface area contributed by atoms with Gasteiger partial charge in [0.1, 0.15) is 6.54 Å². The number of piperidine rings is 1. The average molecular weight is 388 g/mol. The fourth-order valence-electron chi connectivity index (χ4n) is 4.08. The van der Waals surface area contributed by atoms with E-state index in [-0.39, 0.29) is 30.1 Å². The van der Waals surface area contributed by atoms with Gasteiger partial charge < -0.3 is 4.90 Å². The molecule has 1 fully saturated rings. The second kappa shape index (κ2) is 7.66. The van der Waals surface area contributed by atoms with Crippen LogP contribution in [0.25, 0.3) is 5.70 Å². The molecule has 2 aliphatic rings. The van der Waals surface area contributed by atoms with Crippen molar-refractivity contribution in [1.29, 1.82) is 0 Å². The predicted molar refractivity (Wildman–Crippen MR) is 111 cm³/mol. The fourth-order valence-corrected chi connectivity index (χ4v) is 4.08. The van der Waals surface area contributed by atoms with Gasteiger partial charge in [0.05, 0.1) is 0 Å². The van der Waals surface area contributed by atoms with Gasteiger partial charge in [-0.25, -0.2) is 0 Å². The molecule has 0 aliphatic carbocycles. The monoisotopic (exact) mass is 388 g/mol. The molecule has 148 valence electrons. The van der Waals surface area contributed by atoms with Crippen molar-refractivity contribution in [3.05, 3.63) is 77.4 Å². The Morgan fingerprint density at radius 1 is 1.00 bits per heavy atom. The Bertz CT molecular complexity index is 950.